The zero-order chi connectivity index (χ0) is 25.1. The third-order valence-electron chi connectivity index (χ3n) is 7.61. The van der Waals surface area contributed by atoms with Gasteiger partial charge in [0.2, 0.25) is 0 Å². The van der Waals surface area contributed by atoms with Gasteiger partial charge in [0.05, 0.1) is 24.9 Å². The second-order valence-electron chi connectivity index (χ2n) is 9.71. The van der Waals surface area contributed by atoms with Crippen molar-refractivity contribution in [3.05, 3.63) is 87.2 Å². The molecule has 2 heterocycles. The molecule has 2 N–H and O–H groups in total. The second-order valence-corrected chi connectivity index (χ2v) is 10.1. The molecule has 1 saturated heterocycles. The molecule has 2 aliphatic rings. The lowest BCUT2D eigenvalue weighted by atomic mass is 9.68. The molecule has 7 nitrogen and oxygen atoms in total. The minimum absolute atomic E-state index is 0.00512. The van der Waals surface area contributed by atoms with Gasteiger partial charge in [-0.15, -0.1) is 0 Å². The van der Waals surface area contributed by atoms with E-state index in [2.05, 4.69) is 6.07 Å². The molecule has 0 atom stereocenters. The van der Waals surface area contributed by atoms with E-state index in [1.54, 1.807) is 16.8 Å². The van der Waals surface area contributed by atoms with Crippen LogP contribution < -0.4 is 11.3 Å². The highest BCUT2D eigenvalue weighted by Gasteiger charge is 2.37. The number of aromatic nitrogens is 2. The van der Waals surface area contributed by atoms with Crippen molar-refractivity contribution in [2.45, 2.75) is 37.1 Å². The van der Waals surface area contributed by atoms with Crippen molar-refractivity contribution in [3.8, 4) is 11.3 Å². The Morgan fingerprint density at radius 1 is 1.06 bits per heavy atom. The maximum Gasteiger partial charge on any atom is 0.267 e. The van der Waals surface area contributed by atoms with Gasteiger partial charge in [0.1, 0.15) is 0 Å². The van der Waals surface area contributed by atoms with Gasteiger partial charge in [-0.25, -0.2) is 4.68 Å². The largest absolute Gasteiger partial charge is 0.378 e. The number of halogens is 1. The van der Waals surface area contributed by atoms with Crippen LogP contribution >= 0.6 is 11.6 Å². The van der Waals surface area contributed by atoms with Crippen LogP contribution in [0.2, 0.25) is 5.02 Å². The zero-order valence-corrected chi connectivity index (χ0v) is 21.0. The lowest BCUT2D eigenvalue weighted by molar-refractivity contribution is 0.0303. The molecule has 0 radical (unpaired) electrons. The topological polar surface area (TPSA) is 90.5 Å². The van der Waals surface area contributed by atoms with Crippen LogP contribution in [0.4, 0.5) is 0 Å². The lowest BCUT2D eigenvalue weighted by Gasteiger charge is -2.40. The quantitative estimate of drug-likeness (QED) is 0.564. The standard InChI is InChI=1S/C28H31ClN4O3/c29-23-6-2-5-22(18-23)28(19-30)11-9-24(10-12-28)33-26(34)8-7-25(31-33)20-3-1-4-21(17-20)27(35)32-13-15-36-16-14-32/h1-8,17-18,24H,9-16,19,30H2. The van der Waals surface area contributed by atoms with Crippen molar-refractivity contribution >= 4 is 17.5 Å². The van der Waals surface area contributed by atoms with E-state index >= 15 is 0 Å². The first kappa shape index (κ1) is 24.7. The number of nitrogens with zero attached hydrogens (tertiary/aromatic N) is 3. The third kappa shape index (κ3) is 4.96. The number of hydrogen-bond acceptors (Lipinski definition) is 5. The number of carbonyl (C=O) groups excluding carboxylic acids is 1. The average Bonchev–Trinajstić information content (AvgIpc) is 2.93. The Morgan fingerprint density at radius 3 is 2.53 bits per heavy atom. The molecule has 36 heavy (non-hydrogen) atoms. The minimum Gasteiger partial charge on any atom is -0.378 e. The van der Waals surface area contributed by atoms with Crippen molar-refractivity contribution < 1.29 is 9.53 Å². The van der Waals surface area contributed by atoms with Crippen LogP contribution in [0, 0.1) is 0 Å². The number of amides is 1. The summed E-state index contributed by atoms with van der Waals surface area (Å²) in [5, 5.41) is 5.46. The molecule has 1 aliphatic carbocycles. The maximum absolute atomic E-state index is 13.0. The molecular formula is C28H31ClN4O3. The first-order valence-corrected chi connectivity index (χ1v) is 12.9. The fourth-order valence-electron chi connectivity index (χ4n) is 5.43. The summed E-state index contributed by atoms with van der Waals surface area (Å²) in [5.41, 5.74) is 9.26. The first-order chi connectivity index (χ1) is 17.5. The van der Waals surface area contributed by atoms with Crippen LogP contribution in [0.1, 0.15) is 47.6 Å². The predicted octanol–water partition coefficient (Wildman–Crippen LogP) is 4.05. The summed E-state index contributed by atoms with van der Waals surface area (Å²) in [6, 6.07) is 18.7. The van der Waals surface area contributed by atoms with Gasteiger partial charge in [-0.1, -0.05) is 35.9 Å². The van der Waals surface area contributed by atoms with E-state index in [-0.39, 0.29) is 22.9 Å². The Kier molecular flexibility index (Phi) is 7.23. The Bertz CT molecular complexity index is 1290. The van der Waals surface area contributed by atoms with Gasteiger partial charge in [0.15, 0.2) is 0 Å². The van der Waals surface area contributed by atoms with E-state index in [4.69, 9.17) is 27.2 Å². The highest BCUT2D eigenvalue weighted by Crippen LogP contribution is 2.42. The van der Waals surface area contributed by atoms with E-state index < -0.39 is 0 Å². The van der Waals surface area contributed by atoms with Crippen LogP contribution in [-0.4, -0.2) is 53.4 Å². The number of rotatable bonds is 5. The third-order valence-corrected chi connectivity index (χ3v) is 7.85. The molecule has 1 saturated carbocycles. The van der Waals surface area contributed by atoms with Gasteiger partial charge in [-0.05, 0) is 61.6 Å². The minimum atomic E-state index is -0.142. The van der Waals surface area contributed by atoms with Crippen molar-refractivity contribution in [1.82, 2.24) is 14.7 Å². The molecule has 0 unspecified atom stereocenters. The lowest BCUT2D eigenvalue weighted by Crippen LogP contribution is -2.41. The summed E-state index contributed by atoms with van der Waals surface area (Å²) in [6.45, 7) is 2.83. The Labute approximate surface area is 215 Å². The smallest absolute Gasteiger partial charge is 0.267 e. The van der Waals surface area contributed by atoms with Crippen LogP contribution in [0.15, 0.2) is 65.5 Å². The summed E-state index contributed by atoms with van der Waals surface area (Å²) in [5.74, 6) is -0.0140. The highest BCUT2D eigenvalue weighted by atomic mass is 35.5. The van der Waals surface area contributed by atoms with E-state index in [0.29, 0.717) is 49.1 Å². The first-order valence-electron chi connectivity index (χ1n) is 12.5. The Morgan fingerprint density at radius 2 is 1.81 bits per heavy atom. The van der Waals surface area contributed by atoms with Gasteiger partial charge in [0, 0.05) is 47.3 Å². The summed E-state index contributed by atoms with van der Waals surface area (Å²) in [6.07, 6.45) is 3.32. The summed E-state index contributed by atoms with van der Waals surface area (Å²) in [7, 11) is 0. The predicted molar refractivity (Wildman–Crippen MR) is 140 cm³/mol. The van der Waals surface area contributed by atoms with Crippen molar-refractivity contribution in [3.63, 3.8) is 0 Å². The van der Waals surface area contributed by atoms with Gasteiger partial charge >= 0.3 is 0 Å². The number of benzene rings is 2. The van der Waals surface area contributed by atoms with Crippen LogP contribution in [0.3, 0.4) is 0 Å². The highest BCUT2D eigenvalue weighted by molar-refractivity contribution is 6.30. The van der Waals surface area contributed by atoms with Crippen LogP contribution in [0.25, 0.3) is 11.3 Å². The van der Waals surface area contributed by atoms with Gasteiger partial charge in [0.25, 0.3) is 11.5 Å². The zero-order valence-electron chi connectivity index (χ0n) is 20.2. The van der Waals surface area contributed by atoms with Crippen LogP contribution in [-0.2, 0) is 10.2 Å². The summed E-state index contributed by atoms with van der Waals surface area (Å²) < 4.78 is 6.98. The molecule has 1 amide bonds. The van der Waals surface area contributed by atoms with E-state index in [0.717, 1.165) is 36.8 Å². The van der Waals surface area contributed by atoms with Gasteiger partial charge in [-0.2, -0.15) is 5.10 Å². The monoisotopic (exact) mass is 506 g/mol. The molecule has 8 heteroatoms. The number of hydrogen-bond donors (Lipinski definition) is 1. The second kappa shape index (κ2) is 10.5. The van der Waals surface area contributed by atoms with E-state index in [1.807, 2.05) is 47.4 Å². The molecule has 3 aromatic rings. The van der Waals surface area contributed by atoms with Crippen molar-refractivity contribution in [2.24, 2.45) is 5.73 Å². The SMILES string of the molecule is NCC1(c2cccc(Cl)c2)CCC(n2nc(-c3cccc(C(=O)N4CCOCC4)c3)ccc2=O)CC1. The van der Waals surface area contributed by atoms with E-state index in [9.17, 15) is 9.59 Å². The number of carbonyl (C=O) groups is 1. The average molecular weight is 507 g/mol. The molecule has 2 aromatic carbocycles. The fourth-order valence-corrected chi connectivity index (χ4v) is 5.62. The van der Waals surface area contributed by atoms with Crippen LogP contribution in [0.5, 0.6) is 0 Å². The van der Waals surface area contributed by atoms with Crippen molar-refractivity contribution in [1.29, 1.82) is 0 Å². The molecule has 2 fully saturated rings. The molecule has 1 aromatic heterocycles. The Hall–Kier alpha value is -3.00. The molecule has 188 valence electrons. The summed E-state index contributed by atoms with van der Waals surface area (Å²) in [4.78, 5) is 27.6. The molecule has 5 rings (SSSR count). The molecule has 0 bridgehead atoms. The summed E-state index contributed by atoms with van der Waals surface area (Å²) >= 11 is 6.25. The Balaban J connectivity index is 1.37. The van der Waals surface area contributed by atoms with E-state index in [1.165, 1.54) is 0 Å². The number of ether oxygens (including phenoxy) is 1. The molecule has 0 spiro atoms. The van der Waals surface area contributed by atoms with Crippen molar-refractivity contribution in [2.75, 3.05) is 32.8 Å². The molecule has 1 aliphatic heterocycles. The maximum atomic E-state index is 13.0. The normalized spacial score (nSPS) is 22.4. The number of nitrogens with two attached hydrogens (primary N) is 1. The van der Waals surface area contributed by atoms with Gasteiger partial charge < -0.3 is 15.4 Å². The molecular weight excluding hydrogens is 476 g/mol. The fraction of sp³-hybridized carbons (Fsp3) is 0.393. The number of morpholine rings is 1. The van der Waals surface area contributed by atoms with Gasteiger partial charge in [-0.3, -0.25) is 9.59 Å².